The molecule has 0 bridgehead atoms. The summed E-state index contributed by atoms with van der Waals surface area (Å²) in [6.45, 7) is 0. The first-order valence-electron chi connectivity index (χ1n) is 10.9. The summed E-state index contributed by atoms with van der Waals surface area (Å²) >= 11 is 0. The highest BCUT2D eigenvalue weighted by atomic mass is 19.1. The lowest BCUT2D eigenvalue weighted by Crippen LogP contribution is -2.38. The highest BCUT2D eigenvalue weighted by Gasteiger charge is 2.61. The van der Waals surface area contributed by atoms with Crippen molar-refractivity contribution in [1.29, 1.82) is 0 Å². The van der Waals surface area contributed by atoms with Crippen molar-refractivity contribution in [2.45, 2.75) is 12.1 Å². The van der Waals surface area contributed by atoms with E-state index in [1.807, 2.05) is 30.3 Å². The Morgan fingerprint density at radius 2 is 1.49 bits per heavy atom. The molecule has 180 valence electrons. The molecule has 0 aromatic heterocycles. The number of carbonyl (C=O) groups is 2. The smallest absolute Gasteiger partial charge is 0.266 e. The van der Waals surface area contributed by atoms with Gasteiger partial charge in [0.2, 0.25) is 11.7 Å². The minimum atomic E-state index is -1.15. The number of imide groups is 1. The fourth-order valence-electron chi connectivity index (χ4n) is 4.76. The minimum absolute atomic E-state index is 0.107. The Morgan fingerprint density at radius 1 is 0.800 bits per heavy atom. The molecule has 0 unspecified atom stereocenters. The Kier molecular flexibility index (Phi) is 5.78. The van der Waals surface area contributed by atoms with Crippen molar-refractivity contribution < 1.29 is 33.0 Å². The van der Waals surface area contributed by atoms with Crippen molar-refractivity contribution >= 4 is 23.2 Å². The molecule has 8 nitrogen and oxygen atoms in total. The second kappa shape index (κ2) is 8.92. The lowest BCUT2D eigenvalue weighted by atomic mass is 9.89. The van der Waals surface area contributed by atoms with Gasteiger partial charge >= 0.3 is 0 Å². The molecule has 2 fully saturated rings. The zero-order chi connectivity index (χ0) is 24.7. The van der Waals surface area contributed by atoms with Crippen molar-refractivity contribution in [2.24, 2.45) is 5.92 Å². The van der Waals surface area contributed by atoms with Crippen molar-refractivity contribution in [3.05, 3.63) is 78.1 Å². The molecule has 3 aromatic rings. The summed E-state index contributed by atoms with van der Waals surface area (Å²) in [5.74, 6) is -1.71. The Balaban J connectivity index is 1.67. The maximum Gasteiger partial charge on any atom is 0.266 e. The molecule has 0 aliphatic carbocycles. The fourth-order valence-corrected chi connectivity index (χ4v) is 4.76. The van der Waals surface area contributed by atoms with Crippen LogP contribution in [0.15, 0.2) is 66.7 Å². The summed E-state index contributed by atoms with van der Waals surface area (Å²) in [5, 5.41) is 1.54. The van der Waals surface area contributed by atoms with Gasteiger partial charge in [-0.3, -0.25) is 14.4 Å². The van der Waals surface area contributed by atoms with Crippen LogP contribution in [0.25, 0.3) is 0 Å². The highest BCUT2D eigenvalue weighted by molar-refractivity contribution is 6.24. The van der Waals surface area contributed by atoms with Crippen LogP contribution in [0.5, 0.6) is 17.2 Å². The predicted molar refractivity (Wildman–Crippen MR) is 125 cm³/mol. The van der Waals surface area contributed by atoms with E-state index in [0.717, 1.165) is 4.90 Å². The van der Waals surface area contributed by atoms with E-state index in [1.165, 1.54) is 44.6 Å². The summed E-state index contributed by atoms with van der Waals surface area (Å²) in [7, 11) is 4.47. The van der Waals surface area contributed by atoms with E-state index in [4.69, 9.17) is 19.0 Å². The van der Waals surface area contributed by atoms with E-state index < -0.39 is 35.7 Å². The van der Waals surface area contributed by atoms with Gasteiger partial charge in [0.1, 0.15) is 17.8 Å². The number of amides is 2. The Morgan fingerprint density at radius 3 is 2.14 bits per heavy atom. The number of rotatable bonds is 6. The summed E-state index contributed by atoms with van der Waals surface area (Å²) in [6, 6.07) is 17.5. The van der Waals surface area contributed by atoms with Crippen LogP contribution >= 0.6 is 0 Å². The molecular formula is C26H23FN2O6. The second-order valence-corrected chi connectivity index (χ2v) is 8.04. The molecule has 2 aliphatic heterocycles. The van der Waals surface area contributed by atoms with E-state index in [2.05, 4.69) is 0 Å². The van der Waals surface area contributed by atoms with Gasteiger partial charge in [0, 0.05) is 5.56 Å². The van der Waals surface area contributed by atoms with Gasteiger partial charge < -0.3 is 14.2 Å². The van der Waals surface area contributed by atoms with Crippen molar-refractivity contribution in [1.82, 2.24) is 0 Å². The third-order valence-electron chi connectivity index (χ3n) is 6.27. The number of halogens is 1. The number of anilines is 2. The fraction of sp³-hybridized carbons (Fsp3) is 0.231. The number of para-hydroxylation sites is 2. The number of hydroxylamine groups is 1. The maximum absolute atomic E-state index is 14.6. The molecule has 0 radical (unpaired) electrons. The molecular weight excluding hydrogens is 455 g/mol. The molecule has 2 heterocycles. The summed E-state index contributed by atoms with van der Waals surface area (Å²) in [5.41, 5.74) is 1.09. The summed E-state index contributed by atoms with van der Waals surface area (Å²) < 4.78 is 31.2. The normalized spacial score (nSPS) is 21.3. The molecule has 35 heavy (non-hydrogen) atoms. The molecule has 0 spiro atoms. The standard InChI is InChI=1S/C26H23FN2O6/c1-32-19-14-13-16(22(33-2)23(19)34-3)21-20-24(35-29(21)15-9-5-4-6-10-15)26(31)28(25(20)30)18-12-8-7-11-17(18)27/h4-14,20-21,24H,1-3H3/t20-,21+,24+/m1/s1. The molecule has 0 N–H and O–H groups in total. The van der Waals surface area contributed by atoms with Crippen LogP contribution in [0, 0.1) is 11.7 Å². The van der Waals surface area contributed by atoms with Crippen LogP contribution in [0.4, 0.5) is 15.8 Å². The Bertz CT molecular complexity index is 1280. The molecule has 2 saturated heterocycles. The van der Waals surface area contributed by atoms with Crippen LogP contribution < -0.4 is 24.2 Å². The Labute approximate surface area is 201 Å². The van der Waals surface area contributed by atoms with Gasteiger partial charge in [-0.1, -0.05) is 30.3 Å². The number of benzene rings is 3. The molecule has 2 amide bonds. The van der Waals surface area contributed by atoms with Crippen LogP contribution in [-0.4, -0.2) is 39.2 Å². The van der Waals surface area contributed by atoms with E-state index in [1.54, 1.807) is 18.2 Å². The average molecular weight is 478 g/mol. The molecule has 0 saturated carbocycles. The number of fused-ring (bicyclic) bond motifs is 1. The van der Waals surface area contributed by atoms with E-state index in [9.17, 15) is 14.0 Å². The van der Waals surface area contributed by atoms with Gasteiger partial charge in [-0.05, 0) is 36.4 Å². The largest absolute Gasteiger partial charge is 0.493 e. The number of hydrogen-bond acceptors (Lipinski definition) is 7. The van der Waals surface area contributed by atoms with Gasteiger partial charge in [-0.2, -0.15) is 0 Å². The number of ether oxygens (including phenoxy) is 3. The van der Waals surface area contributed by atoms with Crippen LogP contribution in [0.3, 0.4) is 0 Å². The van der Waals surface area contributed by atoms with Crippen LogP contribution in [-0.2, 0) is 14.4 Å². The predicted octanol–water partition coefficient (Wildman–Crippen LogP) is 3.90. The summed E-state index contributed by atoms with van der Waals surface area (Å²) in [4.78, 5) is 34.1. The molecule has 5 rings (SSSR count). The van der Waals surface area contributed by atoms with E-state index in [0.29, 0.717) is 28.5 Å². The zero-order valence-electron chi connectivity index (χ0n) is 19.3. The Hall–Kier alpha value is -4.11. The van der Waals surface area contributed by atoms with E-state index in [-0.39, 0.29) is 5.69 Å². The first-order valence-corrected chi connectivity index (χ1v) is 10.9. The maximum atomic E-state index is 14.6. The number of nitrogens with zero attached hydrogens (tertiary/aromatic N) is 2. The first kappa shape index (κ1) is 22.7. The van der Waals surface area contributed by atoms with E-state index >= 15 is 0 Å². The highest BCUT2D eigenvalue weighted by Crippen LogP contribution is 2.52. The lowest BCUT2D eigenvalue weighted by Gasteiger charge is -2.30. The number of carbonyl (C=O) groups excluding carboxylic acids is 2. The minimum Gasteiger partial charge on any atom is -0.493 e. The first-order chi connectivity index (χ1) is 17.0. The van der Waals surface area contributed by atoms with Gasteiger partial charge in [-0.25, -0.2) is 14.4 Å². The second-order valence-electron chi connectivity index (χ2n) is 8.04. The monoisotopic (exact) mass is 478 g/mol. The molecule has 9 heteroatoms. The van der Waals surface area contributed by atoms with Gasteiger partial charge in [0.25, 0.3) is 5.91 Å². The third kappa shape index (κ3) is 3.47. The zero-order valence-corrected chi connectivity index (χ0v) is 19.3. The topological polar surface area (TPSA) is 77.5 Å². The van der Waals surface area contributed by atoms with Crippen molar-refractivity contribution in [2.75, 3.05) is 31.3 Å². The van der Waals surface area contributed by atoms with Crippen molar-refractivity contribution in [3.8, 4) is 17.2 Å². The summed E-state index contributed by atoms with van der Waals surface area (Å²) in [6.07, 6.45) is -1.15. The quantitative estimate of drug-likeness (QED) is 0.498. The molecule has 2 aliphatic rings. The molecule has 3 aromatic carbocycles. The van der Waals surface area contributed by atoms with Gasteiger partial charge in [-0.15, -0.1) is 0 Å². The average Bonchev–Trinajstić information content (AvgIpc) is 3.39. The van der Waals surface area contributed by atoms with Crippen LogP contribution in [0.2, 0.25) is 0 Å². The number of hydrogen-bond donors (Lipinski definition) is 0. The third-order valence-corrected chi connectivity index (χ3v) is 6.27. The van der Waals surface area contributed by atoms with Gasteiger partial charge in [0.15, 0.2) is 17.6 Å². The van der Waals surface area contributed by atoms with Crippen molar-refractivity contribution in [3.63, 3.8) is 0 Å². The molecule has 3 atom stereocenters. The SMILES string of the molecule is COc1ccc([C@H]2[C@H]3C(=O)N(c4ccccc4F)C(=O)[C@H]3ON2c2ccccc2)c(OC)c1OC. The van der Waals surface area contributed by atoms with Gasteiger partial charge in [0.05, 0.1) is 32.7 Å². The van der Waals surface area contributed by atoms with Crippen LogP contribution in [0.1, 0.15) is 11.6 Å². The number of methoxy groups -OCH3 is 3. The lowest BCUT2D eigenvalue weighted by molar-refractivity contribution is -0.126.